The van der Waals surface area contributed by atoms with E-state index >= 15 is 0 Å². The zero-order valence-electron chi connectivity index (χ0n) is 12.3. The zero-order chi connectivity index (χ0) is 14.0. The summed E-state index contributed by atoms with van der Waals surface area (Å²) >= 11 is 3.69. The van der Waals surface area contributed by atoms with Crippen LogP contribution in [0, 0.1) is 11.8 Å². The van der Waals surface area contributed by atoms with Crippen LogP contribution in [0.5, 0.6) is 0 Å². The summed E-state index contributed by atoms with van der Waals surface area (Å²) in [4.78, 5) is 0. The highest BCUT2D eigenvalue weighted by atomic mass is 79.9. The van der Waals surface area contributed by atoms with Crippen LogP contribution in [-0.2, 0) is 19.9 Å². The average molecular weight is 328 g/mol. The maximum absolute atomic E-state index is 6.45. The van der Waals surface area contributed by atoms with E-state index in [0.717, 1.165) is 28.9 Å². The van der Waals surface area contributed by atoms with Crippen LogP contribution in [0.25, 0.3) is 0 Å². The summed E-state index contributed by atoms with van der Waals surface area (Å²) in [6, 6.07) is 0.271. The smallest absolute Gasteiger partial charge is 0.0766 e. The molecule has 108 valence electrons. The number of rotatable bonds is 5. The van der Waals surface area contributed by atoms with Crippen molar-refractivity contribution in [2.24, 2.45) is 24.6 Å². The first kappa shape index (κ1) is 15.0. The molecule has 1 saturated carbocycles. The molecule has 1 aliphatic rings. The van der Waals surface area contributed by atoms with Gasteiger partial charge < -0.3 is 5.73 Å². The van der Waals surface area contributed by atoms with E-state index in [-0.39, 0.29) is 6.04 Å². The lowest BCUT2D eigenvalue weighted by atomic mass is 9.93. The van der Waals surface area contributed by atoms with E-state index in [9.17, 15) is 0 Å². The predicted octanol–water partition coefficient (Wildman–Crippen LogP) is 3.44. The van der Waals surface area contributed by atoms with E-state index in [1.165, 1.54) is 31.4 Å². The average Bonchev–Trinajstić information content (AvgIpc) is 2.98. The van der Waals surface area contributed by atoms with E-state index < -0.39 is 0 Å². The summed E-state index contributed by atoms with van der Waals surface area (Å²) in [5, 5.41) is 4.55. The van der Waals surface area contributed by atoms with Crippen LogP contribution in [0.15, 0.2) is 4.47 Å². The first-order valence-corrected chi connectivity index (χ1v) is 8.31. The van der Waals surface area contributed by atoms with Crippen LogP contribution in [0.3, 0.4) is 0 Å². The van der Waals surface area contributed by atoms with E-state index in [2.05, 4.69) is 34.9 Å². The number of aryl methyl sites for hydroxylation is 2. The number of nitrogens with zero attached hydrogens (tertiary/aromatic N) is 2. The van der Waals surface area contributed by atoms with Gasteiger partial charge in [-0.3, -0.25) is 4.68 Å². The number of halogens is 1. The molecule has 1 aromatic heterocycles. The summed E-state index contributed by atoms with van der Waals surface area (Å²) in [7, 11) is 2.02. The molecule has 0 amide bonds. The summed E-state index contributed by atoms with van der Waals surface area (Å²) in [5.74, 6) is 1.59. The van der Waals surface area contributed by atoms with Gasteiger partial charge in [0.1, 0.15) is 0 Å². The van der Waals surface area contributed by atoms with Crippen molar-refractivity contribution in [2.75, 3.05) is 0 Å². The summed E-state index contributed by atoms with van der Waals surface area (Å²) in [5.41, 5.74) is 8.85. The lowest BCUT2D eigenvalue weighted by molar-refractivity contribution is 0.399. The molecule has 1 fully saturated rings. The first-order valence-electron chi connectivity index (χ1n) is 7.52. The molecule has 0 bridgehead atoms. The van der Waals surface area contributed by atoms with Crippen molar-refractivity contribution >= 4 is 15.9 Å². The molecular weight excluding hydrogens is 302 g/mol. The van der Waals surface area contributed by atoms with E-state index in [4.69, 9.17) is 5.73 Å². The third-order valence-corrected chi connectivity index (χ3v) is 5.61. The highest BCUT2D eigenvalue weighted by molar-refractivity contribution is 9.10. The number of hydrogen-bond acceptors (Lipinski definition) is 2. The fourth-order valence-corrected chi connectivity index (χ4v) is 4.08. The van der Waals surface area contributed by atoms with Gasteiger partial charge in [-0.1, -0.05) is 26.7 Å². The molecule has 1 aliphatic carbocycles. The number of nitrogens with two attached hydrogens (primary N) is 1. The Morgan fingerprint density at radius 3 is 2.68 bits per heavy atom. The minimum Gasteiger partial charge on any atom is -0.327 e. The van der Waals surface area contributed by atoms with Gasteiger partial charge in [-0.15, -0.1) is 0 Å². The van der Waals surface area contributed by atoms with Crippen molar-refractivity contribution in [3.05, 3.63) is 15.9 Å². The van der Waals surface area contributed by atoms with Crippen molar-refractivity contribution in [3.8, 4) is 0 Å². The van der Waals surface area contributed by atoms with Gasteiger partial charge in [-0.25, -0.2) is 0 Å². The van der Waals surface area contributed by atoms with Crippen molar-refractivity contribution in [3.63, 3.8) is 0 Å². The van der Waals surface area contributed by atoms with Crippen molar-refractivity contribution in [2.45, 2.75) is 58.4 Å². The van der Waals surface area contributed by atoms with Crippen molar-refractivity contribution in [1.82, 2.24) is 9.78 Å². The maximum atomic E-state index is 6.45. The highest BCUT2D eigenvalue weighted by Gasteiger charge is 2.29. The van der Waals surface area contributed by atoms with E-state index in [0.29, 0.717) is 5.92 Å². The predicted molar refractivity (Wildman–Crippen MR) is 83.1 cm³/mol. The molecule has 19 heavy (non-hydrogen) atoms. The van der Waals surface area contributed by atoms with Crippen LogP contribution in [-0.4, -0.2) is 15.8 Å². The van der Waals surface area contributed by atoms with E-state index in [1.807, 2.05) is 11.7 Å². The minimum atomic E-state index is 0.271. The second kappa shape index (κ2) is 6.40. The molecule has 2 N–H and O–H groups in total. The Bertz CT molecular complexity index is 427. The standard InChI is InChI=1S/C15H26BrN3/c1-4-10-6-7-11(8-10)12(17)9-14-15(16)13(5-2)18-19(14)3/h10-12H,4-9,17H2,1-3H3. The molecule has 0 aliphatic heterocycles. The molecule has 0 radical (unpaired) electrons. The second-order valence-corrected chi connectivity index (χ2v) is 6.69. The van der Waals surface area contributed by atoms with Gasteiger partial charge in [0, 0.05) is 19.5 Å². The molecule has 0 saturated heterocycles. The fraction of sp³-hybridized carbons (Fsp3) is 0.800. The maximum Gasteiger partial charge on any atom is 0.0766 e. The van der Waals surface area contributed by atoms with Gasteiger partial charge in [0.2, 0.25) is 0 Å². The SMILES string of the molecule is CCc1nn(C)c(CC(N)C2CCC(CC)C2)c1Br. The molecule has 1 heterocycles. The van der Waals surface area contributed by atoms with Gasteiger partial charge >= 0.3 is 0 Å². The van der Waals surface area contributed by atoms with Gasteiger partial charge in [0.05, 0.1) is 15.9 Å². The molecule has 3 atom stereocenters. The van der Waals surface area contributed by atoms with Gasteiger partial charge in [0.25, 0.3) is 0 Å². The lowest BCUT2D eigenvalue weighted by Crippen LogP contribution is -2.31. The normalized spacial score (nSPS) is 24.9. The minimum absolute atomic E-state index is 0.271. The fourth-order valence-electron chi connectivity index (χ4n) is 3.30. The third-order valence-electron chi connectivity index (χ3n) is 4.70. The Morgan fingerprint density at radius 2 is 2.16 bits per heavy atom. The Balaban J connectivity index is 2.03. The topological polar surface area (TPSA) is 43.8 Å². The van der Waals surface area contributed by atoms with Gasteiger partial charge in [-0.2, -0.15) is 5.10 Å². The number of hydrogen-bond donors (Lipinski definition) is 1. The van der Waals surface area contributed by atoms with Gasteiger partial charge in [0.15, 0.2) is 0 Å². The Morgan fingerprint density at radius 1 is 1.42 bits per heavy atom. The molecule has 4 heteroatoms. The Kier molecular flexibility index (Phi) is 5.07. The monoisotopic (exact) mass is 327 g/mol. The van der Waals surface area contributed by atoms with Crippen LogP contribution in [0.1, 0.15) is 50.9 Å². The van der Waals surface area contributed by atoms with Crippen molar-refractivity contribution < 1.29 is 0 Å². The van der Waals surface area contributed by atoms with Crippen LogP contribution < -0.4 is 5.73 Å². The molecule has 2 rings (SSSR count). The Labute approximate surface area is 125 Å². The Hall–Kier alpha value is -0.350. The first-order chi connectivity index (χ1) is 9.06. The highest BCUT2D eigenvalue weighted by Crippen LogP contribution is 2.35. The quantitative estimate of drug-likeness (QED) is 0.900. The van der Waals surface area contributed by atoms with Gasteiger partial charge in [-0.05, 0) is 47.0 Å². The second-order valence-electron chi connectivity index (χ2n) is 5.90. The van der Waals surface area contributed by atoms with E-state index in [1.54, 1.807) is 0 Å². The summed E-state index contributed by atoms with van der Waals surface area (Å²) in [6.07, 6.45) is 7.18. The number of aromatic nitrogens is 2. The summed E-state index contributed by atoms with van der Waals surface area (Å²) in [6.45, 7) is 4.43. The lowest BCUT2D eigenvalue weighted by Gasteiger charge is -2.19. The molecule has 0 aromatic carbocycles. The van der Waals surface area contributed by atoms with Crippen LogP contribution >= 0.6 is 15.9 Å². The molecule has 3 nitrogen and oxygen atoms in total. The summed E-state index contributed by atoms with van der Waals surface area (Å²) < 4.78 is 3.16. The zero-order valence-corrected chi connectivity index (χ0v) is 13.9. The van der Waals surface area contributed by atoms with Crippen molar-refractivity contribution in [1.29, 1.82) is 0 Å². The molecule has 0 spiro atoms. The van der Waals surface area contributed by atoms with Crippen LogP contribution in [0.4, 0.5) is 0 Å². The van der Waals surface area contributed by atoms with Crippen LogP contribution in [0.2, 0.25) is 0 Å². The largest absolute Gasteiger partial charge is 0.327 e. The molecule has 1 aromatic rings. The molecular formula is C15H26BrN3. The molecule has 3 unspecified atom stereocenters. The third kappa shape index (κ3) is 3.22.